The lowest BCUT2D eigenvalue weighted by molar-refractivity contribution is 0.104. The Morgan fingerprint density at radius 2 is 2.00 bits per heavy atom. The molecule has 0 aliphatic rings. The minimum atomic E-state index is -0.0940. The second kappa shape index (κ2) is 5.77. The van der Waals surface area contributed by atoms with Crippen molar-refractivity contribution < 1.29 is 4.79 Å². The van der Waals surface area contributed by atoms with Crippen LogP contribution in [0, 0.1) is 18.3 Å². The number of benzene rings is 1. The maximum Gasteiger partial charge on any atom is 0.185 e. The predicted octanol–water partition coefficient (Wildman–Crippen LogP) is 3.75. The second-order valence-electron chi connectivity index (χ2n) is 4.45. The molecule has 0 radical (unpaired) electrons. The first-order chi connectivity index (χ1) is 9.52. The first kappa shape index (κ1) is 14.1. The van der Waals surface area contributed by atoms with Crippen LogP contribution in [0.3, 0.4) is 0 Å². The van der Waals surface area contributed by atoms with Crippen LogP contribution in [-0.2, 0) is 7.05 Å². The molecule has 20 heavy (non-hydrogen) atoms. The highest BCUT2D eigenvalue weighted by atomic mass is 35.5. The number of carbonyl (C=O) groups excluding carboxylic acids is 1. The smallest absolute Gasteiger partial charge is 0.185 e. The van der Waals surface area contributed by atoms with E-state index in [1.807, 2.05) is 14.0 Å². The lowest BCUT2D eigenvalue weighted by Crippen LogP contribution is -1.94. The molecule has 0 spiro atoms. The molecule has 0 fully saturated rings. The van der Waals surface area contributed by atoms with Gasteiger partial charge in [0.05, 0.1) is 0 Å². The minimum Gasteiger partial charge on any atom is -0.339 e. The highest BCUT2D eigenvalue weighted by molar-refractivity contribution is 6.30. The fourth-order valence-electron chi connectivity index (χ4n) is 1.87. The number of nitrogens with zero attached hydrogens (tertiary/aromatic N) is 2. The van der Waals surface area contributed by atoms with Crippen LogP contribution in [0.1, 0.15) is 27.3 Å². The Hall–Kier alpha value is -2.31. The third-order valence-corrected chi connectivity index (χ3v) is 3.48. The molecule has 1 heterocycles. The van der Waals surface area contributed by atoms with E-state index in [2.05, 4.69) is 6.07 Å². The zero-order valence-corrected chi connectivity index (χ0v) is 12.0. The normalized spacial score (nSPS) is 10.7. The van der Waals surface area contributed by atoms with Gasteiger partial charge >= 0.3 is 0 Å². The Balaban J connectivity index is 2.24. The van der Waals surface area contributed by atoms with Gasteiger partial charge in [0.2, 0.25) is 0 Å². The van der Waals surface area contributed by atoms with Crippen molar-refractivity contribution in [3.63, 3.8) is 0 Å². The monoisotopic (exact) mass is 284 g/mol. The zero-order valence-electron chi connectivity index (χ0n) is 11.2. The van der Waals surface area contributed by atoms with E-state index in [1.54, 1.807) is 41.0 Å². The molecule has 4 heteroatoms. The molecule has 0 N–H and O–H groups in total. The number of hydrogen-bond donors (Lipinski definition) is 0. The topological polar surface area (TPSA) is 45.8 Å². The summed E-state index contributed by atoms with van der Waals surface area (Å²) in [6, 6.07) is 10.6. The van der Waals surface area contributed by atoms with Crippen LogP contribution in [0.2, 0.25) is 5.02 Å². The van der Waals surface area contributed by atoms with Gasteiger partial charge in [0.15, 0.2) is 5.78 Å². The largest absolute Gasteiger partial charge is 0.339 e. The molecular weight excluding hydrogens is 272 g/mol. The van der Waals surface area contributed by atoms with Crippen LogP contribution in [-0.4, -0.2) is 10.4 Å². The SMILES string of the molecule is Cc1c(C=CC(=O)c2ccc(Cl)cc2)cc(C#N)n1C. The molecule has 1 aromatic carbocycles. The number of aromatic nitrogens is 1. The summed E-state index contributed by atoms with van der Waals surface area (Å²) in [7, 11) is 1.83. The van der Waals surface area contributed by atoms with Gasteiger partial charge in [-0.25, -0.2) is 0 Å². The van der Waals surface area contributed by atoms with E-state index in [0.29, 0.717) is 16.3 Å². The molecule has 1 aromatic heterocycles. The van der Waals surface area contributed by atoms with E-state index in [9.17, 15) is 4.79 Å². The number of ketones is 1. The Kier molecular flexibility index (Phi) is 4.07. The van der Waals surface area contributed by atoms with Crippen molar-refractivity contribution in [2.45, 2.75) is 6.92 Å². The average molecular weight is 285 g/mol. The molecule has 0 saturated carbocycles. The van der Waals surface area contributed by atoms with E-state index >= 15 is 0 Å². The molecule has 0 aliphatic heterocycles. The van der Waals surface area contributed by atoms with E-state index in [1.165, 1.54) is 6.08 Å². The summed E-state index contributed by atoms with van der Waals surface area (Å²) in [4.78, 5) is 12.0. The van der Waals surface area contributed by atoms with Gasteiger partial charge in [-0.1, -0.05) is 11.6 Å². The van der Waals surface area contributed by atoms with Crippen LogP contribution in [0.4, 0.5) is 0 Å². The second-order valence-corrected chi connectivity index (χ2v) is 4.88. The van der Waals surface area contributed by atoms with Crippen LogP contribution in [0.5, 0.6) is 0 Å². The van der Waals surface area contributed by atoms with Crippen LogP contribution in [0.15, 0.2) is 36.4 Å². The predicted molar refractivity (Wildman–Crippen MR) is 79.7 cm³/mol. The highest BCUT2D eigenvalue weighted by Gasteiger charge is 2.07. The molecule has 0 unspecified atom stereocenters. The summed E-state index contributed by atoms with van der Waals surface area (Å²) in [5, 5.41) is 9.56. The summed E-state index contributed by atoms with van der Waals surface area (Å²) >= 11 is 5.78. The summed E-state index contributed by atoms with van der Waals surface area (Å²) < 4.78 is 1.80. The van der Waals surface area contributed by atoms with E-state index in [0.717, 1.165) is 11.3 Å². The maximum atomic E-state index is 12.0. The number of allylic oxidation sites excluding steroid dienone is 1. The van der Waals surface area contributed by atoms with Crippen LogP contribution in [0.25, 0.3) is 6.08 Å². The first-order valence-electron chi connectivity index (χ1n) is 6.07. The molecule has 0 amide bonds. The summed E-state index contributed by atoms with van der Waals surface area (Å²) in [6.45, 7) is 1.91. The number of halogens is 1. The van der Waals surface area contributed by atoms with E-state index in [4.69, 9.17) is 16.9 Å². The van der Waals surface area contributed by atoms with Gasteiger partial charge in [0.1, 0.15) is 11.8 Å². The van der Waals surface area contributed by atoms with Crippen molar-refractivity contribution in [1.82, 2.24) is 4.57 Å². The molecule has 0 atom stereocenters. The average Bonchev–Trinajstić information content (AvgIpc) is 2.73. The third kappa shape index (κ3) is 2.81. The van der Waals surface area contributed by atoms with Crippen molar-refractivity contribution >= 4 is 23.5 Å². The fraction of sp³-hybridized carbons (Fsp3) is 0.125. The molecule has 3 nitrogen and oxygen atoms in total. The van der Waals surface area contributed by atoms with Crippen molar-refractivity contribution in [2.75, 3.05) is 0 Å². The number of nitriles is 1. The van der Waals surface area contributed by atoms with Crippen molar-refractivity contribution in [2.24, 2.45) is 7.05 Å². The molecular formula is C16H13ClN2O. The molecule has 2 rings (SSSR count). The zero-order chi connectivity index (χ0) is 14.7. The van der Waals surface area contributed by atoms with Gasteiger partial charge in [-0.3, -0.25) is 4.79 Å². The van der Waals surface area contributed by atoms with Crippen molar-refractivity contribution in [3.05, 3.63) is 63.9 Å². The van der Waals surface area contributed by atoms with Crippen molar-refractivity contribution in [1.29, 1.82) is 5.26 Å². The Morgan fingerprint density at radius 1 is 1.35 bits per heavy atom. The maximum absolute atomic E-state index is 12.0. The number of rotatable bonds is 3. The van der Waals surface area contributed by atoms with E-state index in [-0.39, 0.29) is 5.78 Å². The number of carbonyl (C=O) groups is 1. The van der Waals surface area contributed by atoms with Gasteiger partial charge in [-0.05, 0) is 55.0 Å². The molecule has 100 valence electrons. The Morgan fingerprint density at radius 3 is 2.55 bits per heavy atom. The minimum absolute atomic E-state index is 0.0940. The summed E-state index contributed by atoms with van der Waals surface area (Å²) in [5.74, 6) is -0.0940. The van der Waals surface area contributed by atoms with Gasteiger partial charge in [-0.15, -0.1) is 0 Å². The van der Waals surface area contributed by atoms with E-state index < -0.39 is 0 Å². The number of hydrogen-bond acceptors (Lipinski definition) is 2. The third-order valence-electron chi connectivity index (χ3n) is 3.23. The highest BCUT2D eigenvalue weighted by Crippen LogP contribution is 2.16. The molecule has 0 saturated heterocycles. The van der Waals surface area contributed by atoms with Gasteiger partial charge < -0.3 is 4.57 Å². The summed E-state index contributed by atoms with van der Waals surface area (Å²) in [5.41, 5.74) is 2.97. The lowest BCUT2D eigenvalue weighted by atomic mass is 10.1. The quantitative estimate of drug-likeness (QED) is 0.636. The standard InChI is InChI=1S/C16H13ClN2O/c1-11-13(9-15(10-18)19(11)2)5-8-16(20)12-3-6-14(17)7-4-12/h3-9H,1-2H3. The van der Waals surface area contributed by atoms with Gasteiger partial charge in [-0.2, -0.15) is 5.26 Å². The van der Waals surface area contributed by atoms with Gasteiger partial charge in [0, 0.05) is 23.3 Å². The van der Waals surface area contributed by atoms with Crippen LogP contribution >= 0.6 is 11.6 Å². The van der Waals surface area contributed by atoms with Crippen LogP contribution < -0.4 is 0 Å². The lowest BCUT2D eigenvalue weighted by Gasteiger charge is -1.98. The molecule has 0 bridgehead atoms. The van der Waals surface area contributed by atoms with Crippen molar-refractivity contribution in [3.8, 4) is 6.07 Å². The Labute approximate surface area is 122 Å². The summed E-state index contributed by atoms with van der Waals surface area (Å²) in [6.07, 6.45) is 3.24. The fourth-order valence-corrected chi connectivity index (χ4v) is 2.00. The first-order valence-corrected chi connectivity index (χ1v) is 6.45. The van der Waals surface area contributed by atoms with Gasteiger partial charge in [0.25, 0.3) is 0 Å². The molecule has 2 aromatic rings. The Bertz CT molecular complexity index is 718. The molecule has 0 aliphatic carbocycles.